The number of fused-ring (bicyclic) bond motifs is 1. The van der Waals surface area contributed by atoms with E-state index in [0.29, 0.717) is 12.4 Å². The third kappa shape index (κ3) is 3.05. The van der Waals surface area contributed by atoms with Gasteiger partial charge in [0.2, 0.25) is 0 Å². The number of esters is 1. The Morgan fingerprint density at radius 3 is 3.00 bits per heavy atom. The van der Waals surface area contributed by atoms with Crippen LogP contribution in [0.3, 0.4) is 0 Å². The van der Waals surface area contributed by atoms with Crippen molar-refractivity contribution in [1.82, 2.24) is 4.98 Å². The molecule has 0 amide bonds. The van der Waals surface area contributed by atoms with Gasteiger partial charge in [-0.1, -0.05) is 6.92 Å². The van der Waals surface area contributed by atoms with Gasteiger partial charge in [-0.25, -0.2) is 4.98 Å². The van der Waals surface area contributed by atoms with Crippen molar-refractivity contribution in [2.24, 2.45) is 5.92 Å². The Kier molecular flexibility index (Phi) is 4.04. The molecule has 0 aliphatic rings. The van der Waals surface area contributed by atoms with E-state index in [4.69, 9.17) is 9.15 Å². The minimum absolute atomic E-state index is 0.139. The topological polar surface area (TPSA) is 64.4 Å². The second-order valence-corrected chi connectivity index (χ2v) is 4.42. The van der Waals surface area contributed by atoms with Crippen molar-refractivity contribution in [3.05, 3.63) is 24.1 Å². The van der Waals surface area contributed by atoms with Crippen molar-refractivity contribution in [3.8, 4) is 0 Å². The molecular formula is C14H18N2O3. The van der Waals surface area contributed by atoms with Gasteiger partial charge in [0.1, 0.15) is 5.52 Å². The summed E-state index contributed by atoms with van der Waals surface area (Å²) in [6.45, 7) is 4.33. The zero-order valence-corrected chi connectivity index (χ0v) is 11.4. The van der Waals surface area contributed by atoms with Gasteiger partial charge in [-0.05, 0) is 24.6 Å². The predicted molar refractivity (Wildman–Crippen MR) is 73.0 cm³/mol. The molecule has 1 heterocycles. The highest BCUT2D eigenvalue weighted by Crippen LogP contribution is 2.20. The number of ether oxygens (including phenoxy) is 1. The summed E-state index contributed by atoms with van der Waals surface area (Å²) in [6.07, 6.45) is 0.741. The largest absolute Gasteiger partial charge is 0.469 e. The Hall–Kier alpha value is -2.04. The number of methoxy groups -OCH3 is 1. The molecule has 0 saturated carbocycles. The van der Waals surface area contributed by atoms with Crippen LogP contribution in [-0.4, -0.2) is 24.6 Å². The number of benzene rings is 1. The minimum Gasteiger partial charge on any atom is -0.469 e. The van der Waals surface area contributed by atoms with Crippen molar-refractivity contribution >= 4 is 22.8 Å². The van der Waals surface area contributed by atoms with Gasteiger partial charge < -0.3 is 14.5 Å². The number of nitrogens with one attached hydrogen (secondary N) is 1. The fraction of sp³-hybridized carbons (Fsp3) is 0.429. The number of carbonyl (C=O) groups excluding carboxylic acids is 1. The zero-order valence-electron chi connectivity index (χ0n) is 11.4. The van der Waals surface area contributed by atoms with Crippen LogP contribution >= 0.6 is 0 Å². The second-order valence-electron chi connectivity index (χ2n) is 4.42. The highest BCUT2D eigenvalue weighted by molar-refractivity contribution is 5.78. The average molecular weight is 262 g/mol. The molecule has 1 atom stereocenters. The van der Waals surface area contributed by atoms with Gasteiger partial charge in [-0.15, -0.1) is 0 Å². The van der Waals surface area contributed by atoms with Gasteiger partial charge in [0.05, 0.1) is 13.0 Å². The Bertz CT molecular complexity index is 577. The van der Waals surface area contributed by atoms with Crippen molar-refractivity contribution in [1.29, 1.82) is 0 Å². The molecule has 2 aromatic rings. The van der Waals surface area contributed by atoms with Crippen molar-refractivity contribution in [3.63, 3.8) is 0 Å². The number of aryl methyl sites for hydroxylation is 1. The molecule has 5 heteroatoms. The van der Waals surface area contributed by atoms with Gasteiger partial charge in [0.15, 0.2) is 11.5 Å². The summed E-state index contributed by atoms with van der Waals surface area (Å²) < 4.78 is 10.2. The number of aromatic nitrogens is 1. The maximum atomic E-state index is 11.5. The molecule has 1 aromatic carbocycles. The molecule has 0 aliphatic carbocycles. The third-order valence-electron chi connectivity index (χ3n) is 3.07. The van der Waals surface area contributed by atoms with E-state index in [1.165, 1.54) is 7.11 Å². The van der Waals surface area contributed by atoms with Gasteiger partial charge in [0, 0.05) is 19.2 Å². The lowest BCUT2D eigenvalue weighted by Crippen LogP contribution is -2.23. The standard InChI is InChI=1S/C14H18N2O3/c1-4-10(14(17)18-3)8-15-11-5-6-13-12(7-11)16-9(2)19-13/h5-7,10,15H,4,8H2,1-3H3. The van der Waals surface area contributed by atoms with Gasteiger partial charge in [0.25, 0.3) is 0 Å². The quantitative estimate of drug-likeness (QED) is 0.839. The summed E-state index contributed by atoms with van der Waals surface area (Å²) in [4.78, 5) is 15.8. The van der Waals surface area contributed by atoms with Gasteiger partial charge in [-0.2, -0.15) is 0 Å². The first-order valence-electron chi connectivity index (χ1n) is 6.33. The molecule has 0 bridgehead atoms. The molecule has 0 saturated heterocycles. The molecular weight excluding hydrogens is 244 g/mol. The van der Waals surface area contributed by atoms with Gasteiger partial charge in [-0.3, -0.25) is 4.79 Å². The van der Waals surface area contributed by atoms with Crippen molar-refractivity contribution < 1.29 is 13.9 Å². The van der Waals surface area contributed by atoms with E-state index in [1.807, 2.05) is 32.0 Å². The SMILES string of the molecule is CCC(CNc1ccc2oc(C)nc2c1)C(=O)OC. The van der Waals surface area contributed by atoms with Gasteiger partial charge >= 0.3 is 5.97 Å². The van der Waals surface area contributed by atoms with E-state index in [1.54, 1.807) is 0 Å². The molecule has 0 radical (unpaired) electrons. The predicted octanol–water partition coefficient (Wildman–Crippen LogP) is 2.75. The first-order valence-corrected chi connectivity index (χ1v) is 6.33. The summed E-state index contributed by atoms with van der Waals surface area (Å²) in [7, 11) is 1.41. The lowest BCUT2D eigenvalue weighted by molar-refractivity contribution is -0.145. The molecule has 0 aliphatic heterocycles. The fourth-order valence-electron chi connectivity index (χ4n) is 1.95. The summed E-state index contributed by atoms with van der Waals surface area (Å²) in [5.41, 5.74) is 2.50. The molecule has 0 spiro atoms. The molecule has 1 unspecified atom stereocenters. The van der Waals surface area contributed by atoms with E-state index >= 15 is 0 Å². The number of hydrogen-bond donors (Lipinski definition) is 1. The summed E-state index contributed by atoms with van der Waals surface area (Å²) in [6, 6.07) is 5.70. The fourth-order valence-corrected chi connectivity index (χ4v) is 1.95. The van der Waals surface area contributed by atoms with E-state index in [9.17, 15) is 4.79 Å². The Labute approximate surface area is 112 Å². The normalized spacial score (nSPS) is 12.4. The first-order chi connectivity index (χ1) is 9.13. The van der Waals surface area contributed by atoms with Crippen molar-refractivity contribution in [2.45, 2.75) is 20.3 Å². The first kappa shape index (κ1) is 13.4. The zero-order chi connectivity index (χ0) is 13.8. The van der Waals surface area contributed by atoms with E-state index < -0.39 is 0 Å². The van der Waals surface area contributed by atoms with Crippen molar-refractivity contribution in [2.75, 3.05) is 19.0 Å². The number of anilines is 1. The second kappa shape index (κ2) is 5.73. The lowest BCUT2D eigenvalue weighted by atomic mass is 10.1. The molecule has 2 rings (SSSR count). The number of rotatable bonds is 5. The third-order valence-corrected chi connectivity index (χ3v) is 3.07. The van der Waals surface area contributed by atoms with Crippen LogP contribution in [0.4, 0.5) is 5.69 Å². The number of nitrogens with zero attached hydrogens (tertiary/aromatic N) is 1. The monoisotopic (exact) mass is 262 g/mol. The van der Waals surface area contributed by atoms with Crippen LogP contribution in [0.2, 0.25) is 0 Å². The smallest absolute Gasteiger partial charge is 0.310 e. The maximum Gasteiger partial charge on any atom is 0.310 e. The van der Waals surface area contributed by atoms with Crippen LogP contribution < -0.4 is 5.32 Å². The Balaban J connectivity index is 2.06. The lowest BCUT2D eigenvalue weighted by Gasteiger charge is -2.14. The molecule has 19 heavy (non-hydrogen) atoms. The molecule has 0 fully saturated rings. The molecule has 1 N–H and O–H groups in total. The van der Waals surface area contributed by atoms with Crippen LogP contribution in [0.15, 0.2) is 22.6 Å². The number of hydrogen-bond acceptors (Lipinski definition) is 5. The maximum absolute atomic E-state index is 11.5. The van der Waals surface area contributed by atoms with Crippen LogP contribution in [-0.2, 0) is 9.53 Å². The highest BCUT2D eigenvalue weighted by Gasteiger charge is 2.16. The van der Waals surface area contributed by atoms with E-state index in [2.05, 4.69) is 10.3 Å². The number of carbonyl (C=O) groups is 1. The Morgan fingerprint density at radius 1 is 1.53 bits per heavy atom. The minimum atomic E-state index is -0.187. The van der Waals surface area contributed by atoms with Crippen LogP contribution in [0.1, 0.15) is 19.2 Å². The number of oxazole rings is 1. The van der Waals surface area contributed by atoms with E-state index in [0.717, 1.165) is 23.2 Å². The van der Waals surface area contributed by atoms with Crippen LogP contribution in [0.5, 0.6) is 0 Å². The highest BCUT2D eigenvalue weighted by atomic mass is 16.5. The molecule has 102 valence electrons. The molecule has 5 nitrogen and oxygen atoms in total. The van der Waals surface area contributed by atoms with Crippen LogP contribution in [0, 0.1) is 12.8 Å². The molecule has 1 aromatic heterocycles. The summed E-state index contributed by atoms with van der Waals surface area (Å²) in [5, 5.41) is 3.23. The summed E-state index contributed by atoms with van der Waals surface area (Å²) in [5.74, 6) is 0.321. The van der Waals surface area contributed by atoms with E-state index in [-0.39, 0.29) is 11.9 Å². The Morgan fingerprint density at radius 2 is 2.32 bits per heavy atom. The average Bonchev–Trinajstić information content (AvgIpc) is 2.78. The summed E-state index contributed by atoms with van der Waals surface area (Å²) >= 11 is 0. The van der Waals surface area contributed by atoms with Crippen LogP contribution in [0.25, 0.3) is 11.1 Å².